The predicted molar refractivity (Wildman–Crippen MR) is 80.6 cm³/mol. The van der Waals surface area contributed by atoms with Gasteiger partial charge in [-0.3, -0.25) is 9.59 Å². The zero-order valence-corrected chi connectivity index (χ0v) is 13.3. The first kappa shape index (κ1) is 16.3. The van der Waals surface area contributed by atoms with E-state index in [1.165, 1.54) is 0 Å². The van der Waals surface area contributed by atoms with Crippen molar-refractivity contribution in [2.24, 2.45) is 5.92 Å². The smallest absolute Gasteiger partial charge is 0.248 e. The molecule has 5 nitrogen and oxygen atoms in total. The van der Waals surface area contributed by atoms with E-state index in [0.717, 1.165) is 38.5 Å². The Kier molecular flexibility index (Phi) is 5.25. The van der Waals surface area contributed by atoms with Gasteiger partial charge in [0.05, 0.1) is 6.10 Å². The van der Waals surface area contributed by atoms with Gasteiger partial charge in [-0.2, -0.15) is 0 Å². The van der Waals surface area contributed by atoms with Crippen LogP contribution in [-0.4, -0.2) is 46.1 Å². The molecule has 0 aromatic carbocycles. The second-order valence-corrected chi connectivity index (χ2v) is 6.78. The van der Waals surface area contributed by atoms with Crippen molar-refractivity contribution >= 4 is 11.8 Å². The Hall–Kier alpha value is -1.10. The zero-order chi connectivity index (χ0) is 15.6. The molecule has 2 N–H and O–H groups in total. The Balaban J connectivity index is 2.08. The maximum absolute atomic E-state index is 12.8. The molecule has 2 amide bonds. The van der Waals surface area contributed by atoms with Gasteiger partial charge in [-0.05, 0) is 46.5 Å². The van der Waals surface area contributed by atoms with Crippen LogP contribution in [0.3, 0.4) is 0 Å². The Labute approximate surface area is 127 Å². The van der Waals surface area contributed by atoms with Crippen LogP contribution in [0.25, 0.3) is 0 Å². The monoisotopic (exact) mass is 296 g/mol. The van der Waals surface area contributed by atoms with E-state index < -0.39 is 12.1 Å². The third-order valence-corrected chi connectivity index (χ3v) is 4.52. The number of rotatable bonds is 6. The maximum Gasteiger partial charge on any atom is 0.248 e. The Morgan fingerprint density at radius 3 is 2.10 bits per heavy atom. The highest BCUT2D eigenvalue weighted by molar-refractivity contribution is 5.90. The lowest BCUT2D eigenvalue weighted by Crippen LogP contribution is -2.57. The Morgan fingerprint density at radius 2 is 1.67 bits per heavy atom. The van der Waals surface area contributed by atoms with Gasteiger partial charge in [0.25, 0.3) is 0 Å². The number of nitrogens with zero attached hydrogens (tertiary/aromatic N) is 1. The third-order valence-electron chi connectivity index (χ3n) is 4.52. The average molecular weight is 296 g/mol. The summed E-state index contributed by atoms with van der Waals surface area (Å²) < 4.78 is 0. The number of amides is 2. The first-order chi connectivity index (χ1) is 9.91. The first-order valence-corrected chi connectivity index (χ1v) is 8.22. The molecule has 2 aliphatic carbocycles. The van der Waals surface area contributed by atoms with Crippen LogP contribution in [0.4, 0.5) is 0 Å². The van der Waals surface area contributed by atoms with Crippen molar-refractivity contribution in [1.82, 2.24) is 10.2 Å². The molecule has 2 unspecified atom stereocenters. The van der Waals surface area contributed by atoms with Crippen LogP contribution in [0.1, 0.15) is 59.3 Å². The van der Waals surface area contributed by atoms with E-state index in [2.05, 4.69) is 5.32 Å². The molecule has 0 aromatic rings. The van der Waals surface area contributed by atoms with Crippen LogP contribution in [0, 0.1) is 5.92 Å². The van der Waals surface area contributed by atoms with Gasteiger partial charge in [-0.1, -0.05) is 12.8 Å². The highest BCUT2D eigenvalue weighted by Gasteiger charge is 2.38. The number of hydrogen-bond donors (Lipinski definition) is 2. The van der Waals surface area contributed by atoms with E-state index >= 15 is 0 Å². The van der Waals surface area contributed by atoms with Crippen LogP contribution in [-0.2, 0) is 9.59 Å². The van der Waals surface area contributed by atoms with Gasteiger partial charge >= 0.3 is 0 Å². The van der Waals surface area contributed by atoms with Gasteiger partial charge in [-0.25, -0.2) is 0 Å². The topological polar surface area (TPSA) is 69.6 Å². The molecular formula is C16H28N2O3. The molecule has 2 atom stereocenters. The number of carbonyl (C=O) groups is 2. The first-order valence-electron chi connectivity index (χ1n) is 8.22. The fourth-order valence-electron chi connectivity index (χ4n) is 3.20. The molecule has 5 heteroatoms. The summed E-state index contributed by atoms with van der Waals surface area (Å²) >= 11 is 0. The normalized spacial score (nSPS) is 22.1. The van der Waals surface area contributed by atoms with Gasteiger partial charge in [0.15, 0.2) is 0 Å². The van der Waals surface area contributed by atoms with Crippen molar-refractivity contribution in [2.75, 3.05) is 0 Å². The summed E-state index contributed by atoms with van der Waals surface area (Å²) in [5.74, 6) is -0.191. The van der Waals surface area contributed by atoms with Crippen LogP contribution in [0.15, 0.2) is 0 Å². The molecule has 21 heavy (non-hydrogen) atoms. The number of aliphatic hydroxyl groups is 1. The zero-order valence-electron chi connectivity index (χ0n) is 13.3. The largest absolute Gasteiger partial charge is 0.391 e. The molecule has 0 bridgehead atoms. The molecule has 0 heterocycles. The lowest BCUT2D eigenvalue weighted by molar-refractivity contribution is -0.143. The molecule has 0 radical (unpaired) electrons. The fourth-order valence-corrected chi connectivity index (χ4v) is 3.20. The molecule has 0 spiro atoms. The van der Waals surface area contributed by atoms with Gasteiger partial charge in [0.1, 0.15) is 6.04 Å². The Morgan fingerprint density at radius 1 is 1.10 bits per heavy atom. The molecule has 2 saturated carbocycles. The summed E-state index contributed by atoms with van der Waals surface area (Å²) in [6, 6.07) is -0.489. The van der Waals surface area contributed by atoms with E-state index in [1.54, 1.807) is 6.92 Å². The lowest BCUT2D eigenvalue weighted by Gasteiger charge is -2.36. The van der Waals surface area contributed by atoms with Gasteiger partial charge in [-0.15, -0.1) is 0 Å². The second-order valence-electron chi connectivity index (χ2n) is 6.78. The highest BCUT2D eigenvalue weighted by Crippen LogP contribution is 2.30. The minimum atomic E-state index is -0.872. The summed E-state index contributed by atoms with van der Waals surface area (Å²) in [6.07, 6.45) is 5.25. The number of carbonyl (C=O) groups excluding carboxylic acids is 2. The van der Waals surface area contributed by atoms with E-state index in [9.17, 15) is 14.7 Å². The molecule has 120 valence electrons. The quantitative estimate of drug-likeness (QED) is 0.779. The molecule has 2 rings (SSSR count). The number of aliphatic hydroxyl groups excluding tert-OH is 1. The second kappa shape index (κ2) is 6.77. The van der Waals surface area contributed by atoms with Crippen molar-refractivity contribution in [3.63, 3.8) is 0 Å². The minimum absolute atomic E-state index is 0.0398. The molecule has 0 saturated heterocycles. The Bertz CT molecular complexity index is 385. The highest BCUT2D eigenvalue weighted by atomic mass is 16.3. The average Bonchev–Trinajstić information content (AvgIpc) is 3.13. The van der Waals surface area contributed by atoms with Crippen molar-refractivity contribution in [3.8, 4) is 0 Å². The maximum atomic E-state index is 12.8. The summed E-state index contributed by atoms with van der Waals surface area (Å²) in [5.41, 5.74) is 0. The summed E-state index contributed by atoms with van der Waals surface area (Å²) in [7, 11) is 0. The third kappa shape index (κ3) is 3.96. The summed E-state index contributed by atoms with van der Waals surface area (Å²) in [6.45, 7) is 5.57. The molecule has 0 aliphatic heterocycles. The fraction of sp³-hybridized carbons (Fsp3) is 0.875. The number of hydrogen-bond acceptors (Lipinski definition) is 3. The van der Waals surface area contributed by atoms with Crippen molar-refractivity contribution in [2.45, 2.75) is 83.5 Å². The standard InChI is InChI=1S/C16H28N2O3/c1-10(2)18(13-6-4-5-7-13)16(21)14(11(3)19)17-15(20)12-8-9-12/h10-14,19H,4-9H2,1-3H3,(H,17,20). The summed E-state index contributed by atoms with van der Waals surface area (Å²) in [5, 5.41) is 12.7. The van der Waals surface area contributed by atoms with E-state index in [1.807, 2.05) is 18.7 Å². The molecule has 2 aliphatic rings. The van der Waals surface area contributed by atoms with Crippen molar-refractivity contribution in [3.05, 3.63) is 0 Å². The van der Waals surface area contributed by atoms with Crippen LogP contribution < -0.4 is 5.32 Å². The summed E-state index contributed by atoms with van der Waals surface area (Å²) in [4.78, 5) is 26.7. The lowest BCUT2D eigenvalue weighted by atomic mass is 10.1. The van der Waals surface area contributed by atoms with E-state index in [0.29, 0.717) is 0 Å². The van der Waals surface area contributed by atoms with E-state index in [4.69, 9.17) is 0 Å². The number of nitrogens with one attached hydrogen (secondary N) is 1. The SMILES string of the molecule is CC(O)C(NC(=O)C1CC1)C(=O)N(C(C)C)C1CCCC1. The minimum Gasteiger partial charge on any atom is -0.391 e. The molecule has 0 aromatic heterocycles. The van der Waals surface area contributed by atoms with Gasteiger partial charge in [0.2, 0.25) is 11.8 Å². The van der Waals surface area contributed by atoms with Crippen LogP contribution in [0.2, 0.25) is 0 Å². The van der Waals surface area contributed by atoms with Crippen LogP contribution in [0.5, 0.6) is 0 Å². The van der Waals surface area contributed by atoms with Gasteiger partial charge < -0.3 is 15.3 Å². The van der Waals surface area contributed by atoms with Crippen molar-refractivity contribution < 1.29 is 14.7 Å². The molecular weight excluding hydrogens is 268 g/mol. The van der Waals surface area contributed by atoms with Crippen LogP contribution >= 0.6 is 0 Å². The molecule has 2 fully saturated rings. The van der Waals surface area contributed by atoms with Gasteiger partial charge in [0, 0.05) is 18.0 Å². The van der Waals surface area contributed by atoms with Crippen molar-refractivity contribution in [1.29, 1.82) is 0 Å². The van der Waals surface area contributed by atoms with E-state index in [-0.39, 0.29) is 29.8 Å². The predicted octanol–water partition coefficient (Wildman–Crippen LogP) is 1.44.